The van der Waals surface area contributed by atoms with E-state index >= 15 is 0 Å². The lowest BCUT2D eigenvalue weighted by molar-refractivity contribution is -0.386. The normalized spacial score (nSPS) is 10.5. The molecule has 0 aliphatic rings. The zero-order valence-corrected chi connectivity index (χ0v) is 15.9. The molecule has 28 heavy (non-hydrogen) atoms. The number of halogens is 1. The van der Waals surface area contributed by atoms with Gasteiger partial charge in [0, 0.05) is 0 Å². The van der Waals surface area contributed by atoms with Gasteiger partial charge < -0.3 is 10.1 Å². The largest absolute Gasteiger partial charge is 0.454 e. The van der Waals surface area contributed by atoms with E-state index in [1.165, 1.54) is 11.6 Å². The monoisotopic (exact) mass is 400 g/mol. The minimum Gasteiger partial charge on any atom is -0.454 e. The van der Waals surface area contributed by atoms with Crippen LogP contribution in [-0.4, -0.2) is 20.6 Å². The second-order valence-corrected chi connectivity index (χ2v) is 6.42. The summed E-state index contributed by atoms with van der Waals surface area (Å²) < 4.78 is 7.12. The number of anilines is 1. The lowest BCUT2D eigenvalue weighted by Gasteiger charge is -2.13. The van der Waals surface area contributed by atoms with Crippen molar-refractivity contribution in [1.82, 2.24) is 9.78 Å². The summed E-state index contributed by atoms with van der Waals surface area (Å²) in [7, 11) is 0. The number of carbonyl (C=O) groups excluding carboxylic acids is 1. The highest BCUT2D eigenvalue weighted by Crippen LogP contribution is 2.33. The maximum atomic E-state index is 12.5. The molecular formula is C19H17ClN4O4. The minimum absolute atomic E-state index is 0.0877. The number of rotatable bonds is 6. The van der Waals surface area contributed by atoms with Gasteiger partial charge in [0.15, 0.2) is 5.75 Å². The van der Waals surface area contributed by atoms with Gasteiger partial charge in [0.1, 0.15) is 23.7 Å². The number of benzene rings is 2. The van der Waals surface area contributed by atoms with Gasteiger partial charge in [-0.3, -0.25) is 19.6 Å². The molecule has 144 valence electrons. The van der Waals surface area contributed by atoms with Gasteiger partial charge in [0.25, 0.3) is 0 Å². The lowest BCUT2D eigenvalue weighted by atomic mass is 10.2. The summed E-state index contributed by atoms with van der Waals surface area (Å²) in [5, 5.41) is 18.4. The molecule has 1 amide bonds. The number of nitrogens with zero attached hydrogens (tertiary/aromatic N) is 3. The molecule has 2 aromatic carbocycles. The minimum atomic E-state index is -0.501. The number of nitrogens with one attached hydrogen (secondary N) is 1. The van der Waals surface area contributed by atoms with Gasteiger partial charge in [-0.25, -0.2) is 0 Å². The first-order valence-corrected chi connectivity index (χ1v) is 8.74. The van der Waals surface area contributed by atoms with Crippen molar-refractivity contribution in [1.29, 1.82) is 0 Å². The van der Waals surface area contributed by atoms with Crippen LogP contribution in [0.1, 0.15) is 11.4 Å². The molecule has 0 fully saturated rings. The smallest absolute Gasteiger partial charge is 0.312 e. The highest BCUT2D eigenvalue weighted by atomic mass is 35.5. The van der Waals surface area contributed by atoms with E-state index in [-0.39, 0.29) is 17.9 Å². The average molecular weight is 401 g/mol. The zero-order chi connectivity index (χ0) is 20.3. The topological polar surface area (TPSA) is 99.3 Å². The van der Waals surface area contributed by atoms with E-state index < -0.39 is 10.8 Å². The van der Waals surface area contributed by atoms with E-state index in [2.05, 4.69) is 10.4 Å². The first-order valence-electron chi connectivity index (χ1n) is 8.36. The molecule has 0 spiro atoms. The van der Waals surface area contributed by atoms with Crippen molar-refractivity contribution in [3.05, 3.63) is 75.1 Å². The summed E-state index contributed by atoms with van der Waals surface area (Å²) >= 11 is 6.12. The molecule has 0 radical (unpaired) electrons. The molecule has 0 saturated heterocycles. The Kier molecular flexibility index (Phi) is 5.60. The van der Waals surface area contributed by atoms with Gasteiger partial charge in [-0.2, -0.15) is 5.10 Å². The fourth-order valence-electron chi connectivity index (χ4n) is 2.74. The summed E-state index contributed by atoms with van der Waals surface area (Å²) in [6, 6.07) is 13.9. The van der Waals surface area contributed by atoms with Gasteiger partial charge >= 0.3 is 5.69 Å². The molecule has 3 aromatic rings. The molecule has 1 N–H and O–H groups in total. The van der Waals surface area contributed by atoms with Gasteiger partial charge in [-0.1, -0.05) is 35.9 Å². The Morgan fingerprint density at radius 1 is 1.18 bits per heavy atom. The van der Waals surface area contributed by atoms with Crippen LogP contribution in [0.25, 0.3) is 0 Å². The van der Waals surface area contributed by atoms with E-state index in [0.717, 1.165) is 0 Å². The molecule has 0 aliphatic heterocycles. The van der Waals surface area contributed by atoms with E-state index in [9.17, 15) is 14.9 Å². The van der Waals surface area contributed by atoms with E-state index in [1.54, 1.807) is 55.5 Å². The van der Waals surface area contributed by atoms with Crippen LogP contribution in [0, 0.1) is 24.0 Å². The molecule has 0 unspecified atom stereocenters. The number of carbonyl (C=O) groups is 1. The van der Waals surface area contributed by atoms with Crippen molar-refractivity contribution < 1.29 is 14.5 Å². The number of ether oxygens (including phenoxy) is 1. The predicted octanol–water partition coefficient (Wildman–Crippen LogP) is 4.49. The Labute approximate surface area is 165 Å². The quantitative estimate of drug-likeness (QED) is 0.485. The van der Waals surface area contributed by atoms with Crippen LogP contribution in [0.3, 0.4) is 0 Å². The van der Waals surface area contributed by atoms with Crippen LogP contribution in [-0.2, 0) is 11.3 Å². The fraction of sp³-hybridized carbons (Fsp3) is 0.158. The zero-order valence-electron chi connectivity index (χ0n) is 15.2. The molecule has 1 heterocycles. The second-order valence-electron chi connectivity index (χ2n) is 6.01. The summed E-state index contributed by atoms with van der Waals surface area (Å²) in [6.07, 6.45) is 0. The van der Waals surface area contributed by atoms with Crippen LogP contribution < -0.4 is 10.1 Å². The molecule has 0 atom stereocenters. The SMILES string of the molecule is Cc1nn(CC(=O)Nc2ccccc2Oc2ccccc2Cl)c(C)c1[N+](=O)[O-]. The Hall–Kier alpha value is -3.39. The highest BCUT2D eigenvalue weighted by Gasteiger charge is 2.23. The van der Waals surface area contributed by atoms with Crippen molar-refractivity contribution in [2.75, 3.05) is 5.32 Å². The molecule has 0 bridgehead atoms. The molecule has 3 rings (SSSR count). The summed E-state index contributed by atoms with van der Waals surface area (Å²) in [6.45, 7) is 2.92. The Morgan fingerprint density at radius 2 is 1.82 bits per heavy atom. The third-order valence-electron chi connectivity index (χ3n) is 4.04. The highest BCUT2D eigenvalue weighted by molar-refractivity contribution is 6.32. The Bertz CT molecular complexity index is 1050. The molecule has 8 nitrogen and oxygen atoms in total. The van der Waals surface area contributed by atoms with E-state index in [0.29, 0.717) is 27.9 Å². The standard InChI is InChI=1S/C19H17ClN4O4/c1-12-19(24(26)27)13(2)23(22-12)11-18(25)21-15-8-4-6-10-17(15)28-16-9-5-3-7-14(16)20/h3-10H,11H2,1-2H3,(H,21,25). The number of aromatic nitrogens is 2. The Morgan fingerprint density at radius 3 is 2.46 bits per heavy atom. The number of para-hydroxylation sites is 3. The van der Waals surface area contributed by atoms with Crippen molar-refractivity contribution in [3.63, 3.8) is 0 Å². The number of amides is 1. The molecule has 0 saturated carbocycles. The van der Waals surface area contributed by atoms with Crippen LogP contribution in [0.4, 0.5) is 11.4 Å². The van der Waals surface area contributed by atoms with Crippen molar-refractivity contribution in [3.8, 4) is 11.5 Å². The summed E-state index contributed by atoms with van der Waals surface area (Å²) in [4.78, 5) is 23.1. The fourth-order valence-corrected chi connectivity index (χ4v) is 2.91. The first-order chi connectivity index (χ1) is 13.4. The number of hydrogen-bond donors (Lipinski definition) is 1. The second kappa shape index (κ2) is 8.10. The number of nitro groups is 1. The predicted molar refractivity (Wildman–Crippen MR) is 105 cm³/mol. The van der Waals surface area contributed by atoms with Crippen molar-refractivity contribution in [2.24, 2.45) is 0 Å². The van der Waals surface area contributed by atoms with E-state index in [4.69, 9.17) is 16.3 Å². The van der Waals surface area contributed by atoms with Gasteiger partial charge in [-0.15, -0.1) is 0 Å². The van der Waals surface area contributed by atoms with Crippen molar-refractivity contribution >= 4 is 28.9 Å². The summed E-state index contributed by atoms with van der Waals surface area (Å²) in [5.41, 5.74) is 0.940. The third-order valence-corrected chi connectivity index (χ3v) is 4.35. The van der Waals surface area contributed by atoms with Crippen molar-refractivity contribution in [2.45, 2.75) is 20.4 Å². The van der Waals surface area contributed by atoms with Gasteiger partial charge in [0.05, 0.1) is 15.6 Å². The molecule has 1 aromatic heterocycles. The van der Waals surface area contributed by atoms with Crippen LogP contribution in [0.5, 0.6) is 11.5 Å². The van der Waals surface area contributed by atoms with Gasteiger partial charge in [0.2, 0.25) is 5.91 Å². The Balaban J connectivity index is 1.78. The number of aryl methyl sites for hydroxylation is 1. The first kappa shape index (κ1) is 19.4. The maximum absolute atomic E-state index is 12.5. The molecule has 9 heteroatoms. The molecule has 0 aliphatic carbocycles. The maximum Gasteiger partial charge on any atom is 0.312 e. The number of hydrogen-bond acceptors (Lipinski definition) is 5. The van der Waals surface area contributed by atoms with Gasteiger partial charge in [-0.05, 0) is 38.1 Å². The third kappa shape index (κ3) is 4.12. The average Bonchev–Trinajstić information content (AvgIpc) is 2.92. The van der Waals surface area contributed by atoms with E-state index in [1.807, 2.05) is 0 Å². The van der Waals surface area contributed by atoms with Crippen LogP contribution in [0.15, 0.2) is 48.5 Å². The summed E-state index contributed by atoms with van der Waals surface area (Å²) in [5.74, 6) is 0.485. The lowest BCUT2D eigenvalue weighted by Crippen LogP contribution is -2.20. The molecular weight excluding hydrogens is 384 g/mol. The van der Waals surface area contributed by atoms with Crippen LogP contribution >= 0.6 is 11.6 Å². The van der Waals surface area contributed by atoms with Crippen LogP contribution in [0.2, 0.25) is 5.02 Å².